The molecular formula is C54H74N16O8. The second kappa shape index (κ2) is 28.7. The lowest BCUT2D eigenvalue weighted by Crippen LogP contribution is -2.59. The van der Waals surface area contributed by atoms with E-state index in [4.69, 9.17) is 28.7 Å². The fourth-order valence-corrected chi connectivity index (χ4v) is 9.47. The van der Waals surface area contributed by atoms with Gasteiger partial charge in [-0.25, -0.2) is 4.98 Å². The van der Waals surface area contributed by atoms with E-state index in [0.717, 1.165) is 21.7 Å². The van der Waals surface area contributed by atoms with Crippen molar-refractivity contribution in [3.05, 3.63) is 102 Å². The number of imidazole rings is 1. The van der Waals surface area contributed by atoms with Crippen LogP contribution >= 0.6 is 0 Å². The number of unbranched alkanes of at least 4 members (excludes halogenated alkanes) is 1. The number of amides is 8. The Morgan fingerprint density at radius 2 is 1.44 bits per heavy atom. The van der Waals surface area contributed by atoms with Gasteiger partial charge >= 0.3 is 0 Å². The van der Waals surface area contributed by atoms with Crippen LogP contribution < -0.4 is 60.6 Å². The zero-order valence-corrected chi connectivity index (χ0v) is 44.1. The third kappa shape index (κ3) is 16.8. The van der Waals surface area contributed by atoms with Crippen molar-refractivity contribution in [3.63, 3.8) is 0 Å². The monoisotopic (exact) mass is 1070 g/mol. The van der Waals surface area contributed by atoms with E-state index in [1.165, 1.54) is 17.4 Å². The van der Waals surface area contributed by atoms with Gasteiger partial charge in [0.2, 0.25) is 47.3 Å². The lowest BCUT2D eigenvalue weighted by molar-refractivity contribution is -0.142. The van der Waals surface area contributed by atoms with Crippen molar-refractivity contribution < 1.29 is 38.4 Å². The predicted molar refractivity (Wildman–Crippen MR) is 294 cm³/mol. The SMILES string of the molecule is CC(C)[C@H](NC(=O)[C@@H]1CCCN1C(=O)[C@H](CCCCN)NC(=O)CNC(=O)[C@H](Cc1c[nH]c2ccccc12)NC(=O)[C@H](CCCN=C(N)N)NC(=O)[C@@H](Cc1ccc2ccccc2c1)NC(=O)[C@@H](N)Cc1cnc[nH]1)C(N)=O. The number of para-hydroxylation sites is 1. The molecule has 3 heterocycles. The lowest BCUT2D eigenvalue weighted by atomic mass is 9.99. The first-order valence-electron chi connectivity index (χ1n) is 26.3. The van der Waals surface area contributed by atoms with Crippen LogP contribution in [-0.2, 0) is 57.6 Å². The zero-order chi connectivity index (χ0) is 56.3. The maximum atomic E-state index is 14.7. The molecule has 5 aromatic rings. The smallest absolute Gasteiger partial charge is 0.245 e. The van der Waals surface area contributed by atoms with Crippen LogP contribution in [0.25, 0.3) is 21.7 Å². The first-order valence-corrected chi connectivity index (χ1v) is 26.3. The summed E-state index contributed by atoms with van der Waals surface area (Å²) in [7, 11) is 0. The minimum absolute atomic E-state index is 0.0122. The highest BCUT2D eigenvalue weighted by Crippen LogP contribution is 2.23. The number of benzene rings is 3. The number of aromatic amines is 2. The van der Waals surface area contributed by atoms with E-state index < -0.39 is 96.1 Å². The Balaban J connectivity index is 1.21. The Morgan fingerprint density at radius 3 is 2.15 bits per heavy atom. The molecule has 78 heavy (non-hydrogen) atoms. The molecule has 0 saturated carbocycles. The molecule has 3 aromatic carbocycles. The number of hydrogen-bond acceptors (Lipinski definition) is 12. The number of rotatable bonds is 29. The second-order valence-electron chi connectivity index (χ2n) is 19.9. The first kappa shape index (κ1) is 58.9. The zero-order valence-electron chi connectivity index (χ0n) is 44.1. The van der Waals surface area contributed by atoms with E-state index in [-0.39, 0.29) is 63.5 Å². The lowest BCUT2D eigenvalue weighted by Gasteiger charge is -2.30. The Kier molecular flexibility index (Phi) is 21.6. The van der Waals surface area contributed by atoms with E-state index in [9.17, 15) is 38.4 Å². The number of carbonyl (C=O) groups is 8. The maximum Gasteiger partial charge on any atom is 0.245 e. The van der Waals surface area contributed by atoms with Gasteiger partial charge < -0.3 is 75.4 Å². The third-order valence-electron chi connectivity index (χ3n) is 13.6. The van der Waals surface area contributed by atoms with E-state index in [0.29, 0.717) is 49.0 Å². The van der Waals surface area contributed by atoms with E-state index in [2.05, 4.69) is 51.8 Å². The summed E-state index contributed by atoms with van der Waals surface area (Å²) in [4.78, 5) is 126. The summed E-state index contributed by atoms with van der Waals surface area (Å²) in [6.45, 7) is 3.51. The second-order valence-corrected chi connectivity index (χ2v) is 19.9. The van der Waals surface area contributed by atoms with Gasteiger partial charge in [-0.3, -0.25) is 43.3 Å². The highest BCUT2D eigenvalue weighted by atomic mass is 16.2. The summed E-state index contributed by atoms with van der Waals surface area (Å²) in [6.07, 6.45) is 6.93. The molecule has 24 nitrogen and oxygen atoms in total. The topological polar surface area (TPSA) is 399 Å². The molecule has 6 rings (SSSR count). The molecule has 8 amide bonds. The number of hydrogen-bond donors (Lipinski definition) is 13. The van der Waals surface area contributed by atoms with E-state index in [1.807, 2.05) is 66.7 Å². The summed E-state index contributed by atoms with van der Waals surface area (Å²) in [5.41, 5.74) is 31.6. The van der Waals surface area contributed by atoms with Crippen LogP contribution in [0.2, 0.25) is 0 Å². The van der Waals surface area contributed by atoms with Crippen molar-refractivity contribution in [1.82, 2.24) is 51.8 Å². The number of primary amides is 1. The average Bonchev–Trinajstić information content (AvgIpc) is 4.23. The molecule has 18 N–H and O–H groups in total. The number of nitrogens with one attached hydrogen (secondary N) is 8. The number of fused-ring (bicyclic) bond motifs is 2. The molecule has 7 atom stereocenters. The number of carbonyl (C=O) groups excluding carboxylic acids is 8. The summed E-state index contributed by atoms with van der Waals surface area (Å²) in [5, 5.41) is 19.1. The standard InChI is InChI=1S/C54H74N16O8/c1-31(2)46(47(57)72)69-52(77)44-17-10-22-70(44)53(78)41(15-7-8-20-55)65-45(71)29-63-49(74)43(25-35-27-62-39-14-6-5-13-37(35)39)68-50(75)40(16-9-21-61-54(58)59)66-51(76)42(67-48(73)38(56)26-36-28-60-30-64-36)24-32-18-19-33-11-3-4-12-34(33)23-32/h3-6,11-14,18-19,23,27-28,30-31,38,40-44,46,62H,7-10,15-17,20-22,24-26,29,55-56H2,1-2H3,(H2,57,72)(H,60,64)(H,63,74)(H,65,71)(H,66,76)(H,67,73)(H,68,75)(H,69,77)(H4,58,59,61)/t38-,40-,41-,42+,43-,44-,46-/m0/s1. The highest BCUT2D eigenvalue weighted by Gasteiger charge is 2.39. The van der Waals surface area contributed by atoms with Gasteiger partial charge in [0.1, 0.15) is 36.3 Å². The molecule has 1 saturated heterocycles. The van der Waals surface area contributed by atoms with Crippen LogP contribution in [0.3, 0.4) is 0 Å². The number of guanidine groups is 1. The van der Waals surface area contributed by atoms with Gasteiger partial charge in [-0.1, -0.05) is 74.5 Å². The van der Waals surface area contributed by atoms with Crippen LogP contribution in [0.15, 0.2) is 90.4 Å². The normalized spacial score (nSPS) is 15.6. The van der Waals surface area contributed by atoms with E-state index >= 15 is 0 Å². The molecule has 0 bridgehead atoms. The van der Waals surface area contributed by atoms with Crippen molar-refractivity contribution in [1.29, 1.82) is 0 Å². The third-order valence-corrected chi connectivity index (χ3v) is 13.6. The Morgan fingerprint density at radius 1 is 0.744 bits per heavy atom. The Bertz CT molecular complexity index is 2900. The van der Waals surface area contributed by atoms with E-state index in [1.54, 1.807) is 20.0 Å². The van der Waals surface area contributed by atoms with Crippen molar-refractivity contribution in [2.24, 2.45) is 39.6 Å². The van der Waals surface area contributed by atoms with Crippen LogP contribution in [0.1, 0.15) is 75.6 Å². The fraction of sp³-hybridized carbons (Fsp3) is 0.444. The average molecular weight is 1080 g/mol. The molecule has 2 aromatic heterocycles. The van der Waals surface area contributed by atoms with Crippen molar-refractivity contribution in [2.45, 2.75) is 120 Å². The molecule has 0 aliphatic carbocycles. The van der Waals surface area contributed by atoms with Gasteiger partial charge in [0.25, 0.3) is 0 Å². The molecule has 0 radical (unpaired) electrons. The molecule has 1 fully saturated rings. The van der Waals surface area contributed by atoms with Crippen molar-refractivity contribution in [3.8, 4) is 0 Å². The van der Waals surface area contributed by atoms with Gasteiger partial charge in [0, 0.05) is 61.3 Å². The molecule has 1 aliphatic heterocycles. The van der Waals surface area contributed by atoms with Crippen molar-refractivity contribution in [2.75, 3.05) is 26.2 Å². The van der Waals surface area contributed by atoms with Crippen LogP contribution in [0.4, 0.5) is 0 Å². The largest absolute Gasteiger partial charge is 0.370 e. The number of likely N-dealkylation sites (tertiary alicyclic amines) is 1. The molecular weight excluding hydrogens is 1000 g/mol. The van der Waals surface area contributed by atoms with Crippen LogP contribution in [0.5, 0.6) is 0 Å². The maximum absolute atomic E-state index is 14.7. The Labute approximate surface area is 452 Å². The van der Waals surface area contributed by atoms with Gasteiger partial charge in [0.05, 0.1) is 18.9 Å². The van der Waals surface area contributed by atoms with Crippen LogP contribution in [0, 0.1) is 5.92 Å². The first-order chi connectivity index (χ1) is 37.4. The quantitative estimate of drug-likeness (QED) is 0.0160. The number of aliphatic imine (C=N–C) groups is 1. The summed E-state index contributed by atoms with van der Waals surface area (Å²) in [5.74, 6) is -5.85. The minimum Gasteiger partial charge on any atom is -0.370 e. The number of nitrogens with two attached hydrogens (primary N) is 5. The summed E-state index contributed by atoms with van der Waals surface area (Å²) < 4.78 is 0. The van der Waals surface area contributed by atoms with Gasteiger partial charge in [-0.05, 0) is 85.4 Å². The Hall–Kier alpha value is -8.38. The molecule has 1 aliphatic rings. The fourth-order valence-electron chi connectivity index (χ4n) is 9.47. The highest BCUT2D eigenvalue weighted by molar-refractivity contribution is 5.98. The summed E-state index contributed by atoms with van der Waals surface area (Å²) >= 11 is 0. The van der Waals surface area contributed by atoms with Gasteiger partial charge in [-0.2, -0.15) is 0 Å². The molecule has 0 spiro atoms. The molecule has 24 heteroatoms. The minimum atomic E-state index is -1.34. The number of H-pyrrole nitrogens is 2. The predicted octanol–water partition coefficient (Wildman–Crippen LogP) is -0.746. The summed E-state index contributed by atoms with van der Waals surface area (Å²) in [6, 6.07) is 12.7. The van der Waals surface area contributed by atoms with Gasteiger partial charge in [0.15, 0.2) is 5.96 Å². The van der Waals surface area contributed by atoms with Gasteiger partial charge in [-0.15, -0.1) is 0 Å². The van der Waals surface area contributed by atoms with Crippen LogP contribution in [-0.4, -0.2) is 142 Å². The number of nitrogens with zero attached hydrogens (tertiary/aromatic N) is 3. The number of aromatic nitrogens is 3. The molecule has 0 unspecified atom stereocenters. The van der Waals surface area contributed by atoms with Crippen molar-refractivity contribution >= 4 is 74.9 Å². The molecule has 418 valence electrons.